The molecule has 0 saturated carbocycles. The summed E-state index contributed by atoms with van der Waals surface area (Å²) in [6.07, 6.45) is 4.86. The van der Waals surface area contributed by atoms with E-state index in [-0.39, 0.29) is 17.9 Å². The van der Waals surface area contributed by atoms with Gasteiger partial charge in [0.1, 0.15) is 12.2 Å². The van der Waals surface area contributed by atoms with Gasteiger partial charge in [-0.1, -0.05) is 0 Å². The molecule has 0 aliphatic carbocycles. The summed E-state index contributed by atoms with van der Waals surface area (Å²) in [6, 6.07) is 9.48. The monoisotopic (exact) mass is 366 g/mol. The quantitative estimate of drug-likeness (QED) is 0.830. The fraction of sp³-hybridized carbons (Fsp3) is 0.450. The fourth-order valence-electron chi connectivity index (χ4n) is 3.69. The van der Waals surface area contributed by atoms with Gasteiger partial charge in [0.15, 0.2) is 0 Å². The Balaban J connectivity index is 1.52. The normalized spacial score (nSPS) is 20.4. The van der Waals surface area contributed by atoms with E-state index in [1.807, 2.05) is 23.2 Å². The molecule has 0 spiro atoms. The lowest BCUT2D eigenvalue weighted by Crippen LogP contribution is -2.42. The van der Waals surface area contributed by atoms with E-state index in [1.54, 1.807) is 12.1 Å². The second-order valence-corrected chi connectivity index (χ2v) is 6.99. The average molecular weight is 366 g/mol. The van der Waals surface area contributed by atoms with E-state index in [4.69, 9.17) is 14.7 Å². The van der Waals surface area contributed by atoms with Crippen molar-refractivity contribution in [2.24, 2.45) is 5.92 Å². The Bertz CT molecular complexity index is 834. The maximum Gasteiger partial charge on any atom is 0.226 e. The third kappa shape index (κ3) is 3.96. The number of rotatable bonds is 3. The van der Waals surface area contributed by atoms with Crippen LogP contribution in [0.3, 0.4) is 0 Å². The SMILES string of the molecule is N#Cc1ccc(OC2CN(C(=O)C3CCOCC3)Cc3cccn3C2)nc1. The van der Waals surface area contributed by atoms with Crippen molar-refractivity contribution in [3.63, 3.8) is 0 Å². The maximum absolute atomic E-state index is 13.1. The van der Waals surface area contributed by atoms with Crippen molar-refractivity contribution in [1.82, 2.24) is 14.5 Å². The van der Waals surface area contributed by atoms with Gasteiger partial charge in [0.25, 0.3) is 0 Å². The van der Waals surface area contributed by atoms with Crippen molar-refractivity contribution in [3.8, 4) is 11.9 Å². The van der Waals surface area contributed by atoms with Crippen LogP contribution in [0, 0.1) is 17.2 Å². The molecule has 1 amide bonds. The molecule has 0 aromatic carbocycles. The molecule has 140 valence electrons. The van der Waals surface area contributed by atoms with E-state index in [0.29, 0.717) is 44.3 Å². The van der Waals surface area contributed by atoms with Crippen LogP contribution in [-0.2, 0) is 22.6 Å². The Morgan fingerprint density at radius 1 is 1.26 bits per heavy atom. The number of pyridine rings is 1. The number of ether oxygens (including phenoxy) is 2. The van der Waals surface area contributed by atoms with Gasteiger partial charge in [0.2, 0.25) is 11.8 Å². The molecule has 1 saturated heterocycles. The van der Waals surface area contributed by atoms with Crippen LogP contribution < -0.4 is 4.74 Å². The summed E-state index contributed by atoms with van der Waals surface area (Å²) in [5.74, 6) is 0.663. The zero-order valence-corrected chi connectivity index (χ0v) is 15.1. The van der Waals surface area contributed by atoms with Crippen molar-refractivity contribution in [1.29, 1.82) is 5.26 Å². The van der Waals surface area contributed by atoms with Gasteiger partial charge in [-0.05, 0) is 31.0 Å². The first-order chi connectivity index (χ1) is 13.2. The van der Waals surface area contributed by atoms with Crippen LogP contribution in [-0.4, -0.2) is 46.2 Å². The molecule has 7 heteroatoms. The van der Waals surface area contributed by atoms with Gasteiger partial charge < -0.3 is 18.9 Å². The molecule has 0 radical (unpaired) electrons. The number of hydrogen-bond acceptors (Lipinski definition) is 5. The average Bonchev–Trinajstić information content (AvgIpc) is 3.07. The Kier molecular flexibility index (Phi) is 5.07. The van der Waals surface area contributed by atoms with Gasteiger partial charge in [0.05, 0.1) is 25.2 Å². The summed E-state index contributed by atoms with van der Waals surface area (Å²) in [6.45, 7) is 3.05. The number of amides is 1. The molecule has 4 heterocycles. The van der Waals surface area contributed by atoms with Gasteiger partial charge in [-0.3, -0.25) is 4.79 Å². The molecular weight excluding hydrogens is 344 g/mol. The standard InChI is InChI=1S/C20H22N4O3/c21-10-15-3-4-19(22-11-15)27-18-13-23-7-1-2-17(23)12-24(14-18)20(25)16-5-8-26-9-6-16/h1-4,7,11,16,18H,5-6,8-9,12-14H2. The highest BCUT2D eigenvalue weighted by Gasteiger charge is 2.31. The van der Waals surface area contributed by atoms with Crippen LogP contribution in [0.5, 0.6) is 5.88 Å². The van der Waals surface area contributed by atoms with Crippen LogP contribution in [0.25, 0.3) is 0 Å². The first kappa shape index (κ1) is 17.6. The molecule has 7 nitrogen and oxygen atoms in total. The van der Waals surface area contributed by atoms with Crippen molar-refractivity contribution in [3.05, 3.63) is 47.9 Å². The molecule has 0 N–H and O–H groups in total. The predicted octanol–water partition coefficient (Wildman–Crippen LogP) is 1.97. The number of carbonyl (C=O) groups is 1. The molecule has 4 rings (SSSR count). The second-order valence-electron chi connectivity index (χ2n) is 6.99. The third-order valence-corrected chi connectivity index (χ3v) is 5.14. The number of fused-ring (bicyclic) bond motifs is 1. The Hall–Kier alpha value is -2.85. The van der Waals surface area contributed by atoms with Crippen molar-refractivity contribution >= 4 is 5.91 Å². The summed E-state index contributed by atoms with van der Waals surface area (Å²) < 4.78 is 13.6. The van der Waals surface area contributed by atoms with Crippen LogP contribution >= 0.6 is 0 Å². The van der Waals surface area contributed by atoms with E-state index in [2.05, 4.69) is 15.6 Å². The Morgan fingerprint density at radius 3 is 2.85 bits per heavy atom. The fourth-order valence-corrected chi connectivity index (χ4v) is 3.69. The molecule has 27 heavy (non-hydrogen) atoms. The third-order valence-electron chi connectivity index (χ3n) is 5.14. The molecular formula is C20H22N4O3. The first-order valence-corrected chi connectivity index (χ1v) is 9.26. The van der Waals surface area contributed by atoms with Gasteiger partial charge in [-0.15, -0.1) is 0 Å². The van der Waals surface area contributed by atoms with Crippen LogP contribution in [0.15, 0.2) is 36.7 Å². The summed E-state index contributed by atoms with van der Waals surface area (Å²) >= 11 is 0. The smallest absolute Gasteiger partial charge is 0.226 e. The van der Waals surface area contributed by atoms with Crippen molar-refractivity contribution in [2.75, 3.05) is 19.8 Å². The summed E-state index contributed by atoms with van der Waals surface area (Å²) in [7, 11) is 0. The predicted molar refractivity (Wildman–Crippen MR) is 96.8 cm³/mol. The van der Waals surface area contributed by atoms with Gasteiger partial charge in [-0.25, -0.2) is 4.98 Å². The largest absolute Gasteiger partial charge is 0.471 e. The van der Waals surface area contributed by atoms with Crippen LogP contribution in [0.1, 0.15) is 24.1 Å². The molecule has 0 bridgehead atoms. The number of aromatic nitrogens is 2. The zero-order chi connectivity index (χ0) is 18.6. The molecule has 2 aliphatic heterocycles. The summed E-state index contributed by atoms with van der Waals surface area (Å²) in [5, 5.41) is 8.91. The van der Waals surface area contributed by atoms with Crippen LogP contribution in [0.2, 0.25) is 0 Å². The van der Waals surface area contributed by atoms with E-state index in [0.717, 1.165) is 18.5 Å². The lowest BCUT2D eigenvalue weighted by Gasteiger charge is -2.30. The van der Waals surface area contributed by atoms with E-state index >= 15 is 0 Å². The number of nitriles is 1. The lowest BCUT2D eigenvalue weighted by molar-refractivity contribution is -0.140. The number of nitrogens with zero attached hydrogens (tertiary/aromatic N) is 4. The Morgan fingerprint density at radius 2 is 2.11 bits per heavy atom. The van der Waals surface area contributed by atoms with E-state index in [9.17, 15) is 4.79 Å². The number of hydrogen-bond donors (Lipinski definition) is 0. The highest BCUT2D eigenvalue weighted by Crippen LogP contribution is 2.23. The van der Waals surface area contributed by atoms with E-state index in [1.165, 1.54) is 6.20 Å². The summed E-state index contributed by atoms with van der Waals surface area (Å²) in [5.41, 5.74) is 1.60. The van der Waals surface area contributed by atoms with E-state index < -0.39 is 0 Å². The molecule has 2 aromatic heterocycles. The Labute approximate surface area is 158 Å². The minimum absolute atomic E-state index is 0.0222. The molecule has 2 aromatic rings. The van der Waals surface area contributed by atoms with Crippen molar-refractivity contribution in [2.45, 2.75) is 32.0 Å². The zero-order valence-electron chi connectivity index (χ0n) is 15.1. The second kappa shape index (κ2) is 7.80. The maximum atomic E-state index is 13.1. The summed E-state index contributed by atoms with van der Waals surface area (Å²) in [4.78, 5) is 19.2. The molecule has 1 fully saturated rings. The first-order valence-electron chi connectivity index (χ1n) is 9.26. The van der Waals surface area contributed by atoms with Gasteiger partial charge >= 0.3 is 0 Å². The van der Waals surface area contributed by atoms with Crippen molar-refractivity contribution < 1.29 is 14.3 Å². The lowest BCUT2D eigenvalue weighted by atomic mass is 9.98. The molecule has 1 atom stereocenters. The molecule has 2 aliphatic rings. The number of carbonyl (C=O) groups excluding carboxylic acids is 1. The topological polar surface area (TPSA) is 80.4 Å². The van der Waals surface area contributed by atoms with Crippen LogP contribution in [0.4, 0.5) is 0 Å². The minimum Gasteiger partial charge on any atom is -0.471 e. The minimum atomic E-state index is -0.206. The highest BCUT2D eigenvalue weighted by molar-refractivity contribution is 5.79. The highest BCUT2D eigenvalue weighted by atomic mass is 16.5. The molecule has 1 unspecified atom stereocenters. The van der Waals surface area contributed by atoms with Gasteiger partial charge in [0, 0.05) is 43.3 Å². The van der Waals surface area contributed by atoms with Gasteiger partial charge in [-0.2, -0.15) is 5.26 Å².